The van der Waals surface area contributed by atoms with Crippen LogP contribution >= 0.6 is 0 Å². The second kappa shape index (κ2) is 6.55. The van der Waals surface area contributed by atoms with Gasteiger partial charge in [-0.05, 0) is 49.8 Å². The molecule has 0 bridgehead atoms. The minimum atomic E-state index is -4.30. The van der Waals surface area contributed by atoms with Crippen LogP contribution < -0.4 is 5.73 Å². The fourth-order valence-electron chi connectivity index (χ4n) is 3.05. The molecule has 1 aromatic carbocycles. The molecule has 2 heterocycles. The Balaban J connectivity index is 1.84. The maximum absolute atomic E-state index is 13.2. The third-order valence-corrected chi connectivity index (χ3v) is 5.03. The van der Waals surface area contributed by atoms with Crippen molar-refractivity contribution >= 4 is 11.5 Å². The summed E-state index contributed by atoms with van der Waals surface area (Å²) in [4.78, 5) is 8.59. The number of aromatic nitrogens is 3. The number of anilines is 1. The minimum absolute atomic E-state index is 0.207. The van der Waals surface area contributed by atoms with Gasteiger partial charge in [0.05, 0.1) is 17.8 Å². The number of nitrogens with two attached hydrogens (primary N) is 1. The average Bonchev–Trinajstić information content (AvgIpc) is 3.37. The van der Waals surface area contributed by atoms with Crippen LogP contribution in [-0.2, 0) is 0 Å². The SMILES string of the molecule is Cc1ccc(C(C)C(F)(F)F)cc1-c1cnc2c(N)nc(C#CC3CC3)cn12. The van der Waals surface area contributed by atoms with E-state index in [9.17, 15) is 13.2 Å². The molecule has 2 N–H and O–H groups in total. The Bertz CT molecular complexity index is 1110. The Morgan fingerprint density at radius 2 is 2.04 bits per heavy atom. The van der Waals surface area contributed by atoms with Gasteiger partial charge in [-0.2, -0.15) is 13.2 Å². The number of benzene rings is 1. The van der Waals surface area contributed by atoms with E-state index in [1.807, 2.05) is 6.92 Å². The number of nitrogen functional groups attached to an aromatic ring is 1. The highest BCUT2D eigenvalue weighted by atomic mass is 19.4. The first-order chi connectivity index (χ1) is 13.2. The molecule has 1 saturated carbocycles. The zero-order valence-corrected chi connectivity index (χ0v) is 15.5. The third kappa shape index (κ3) is 3.42. The standard InChI is InChI=1S/C21H19F3N4/c1-12-3-7-15(13(2)21(22,23)24)9-17(12)18-10-26-20-19(25)27-16(11-28(18)20)8-6-14-4-5-14/h3,7,9-11,13-14H,4-5H2,1-2H3,(H2,25,27). The van der Waals surface area contributed by atoms with E-state index in [2.05, 4.69) is 21.8 Å². The van der Waals surface area contributed by atoms with Gasteiger partial charge >= 0.3 is 6.18 Å². The van der Waals surface area contributed by atoms with E-state index in [0.717, 1.165) is 25.3 Å². The summed E-state index contributed by atoms with van der Waals surface area (Å²) in [5.41, 5.74) is 9.40. The number of nitrogens with zero attached hydrogens (tertiary/aromatic N) is 3. The van der Waals surface area contributed by atoms with Crippen molar-refractivity contribution in [1.82, 2.24) is 14.4 Å². The lowest BCUT2D eigenvalue weighted by molar-refractivity contribution is -0.146. The number of hydrogen-bond acceptors (Lipinski definition) is 3. The molecule has 2 aromatic heterocycles. The Hall–Kier alpha value is -3.01. The van der Waals surface area contributed by atoms with Gasteiger partial charge in [0, 0.05) is 17.7 Å². The average molecular weight is 384 g/mol. The summed E-state index contributed by atoms with van der Waals surface area (Å²) < 4.78 is 41.3. The zero-order chi connectivity index (χ0) is 20.1. The first-order valence-electron chi connectivity index (χ1n) is 9.07. The van der Waals surface area contributed by atoms with Crippen molar-refractivity contribution in [2.75, 3.05) is 5.73 Å². The molecule has 1 unspecified atom stereocenters. The third-order valence-electron chi connectivity index (χ3n) is 5.03. The highest BCUT2D eigenvalue weighted by Crippen LogP contribution is 2.37. The topological polar surface area (TPSA) is 56.2 Å². The lowest BCUT2D eigenvalue weighted by Crippen LogP contribution is -2.17. The van der Waals surface area contributed by atoms with Gasteiger partial charge in [-0.3, -0.25) is 4.40 Å². The number of aryl methyl sites for hydroxylation is 1. The number of hydrogen-bond donors (Lipinski definition) is 1. The fraction of sp³-hybridized carbons (Fsp3) is 0.333. The van der Waals surface area contributed by atoms with Gasteiger partial charge in [-0.25, -0.2) is 9.97 Å². The summed E-state index contributed by atoms with van der Waals surface area (Å²) in [5.74, 6) is 5.28. The van der Waals surface area contributed by atoms with Crippen molar-refractivity contribution in [2.45, 2.75) is 38.8 Å². The van der Waals surface area contributed by atoms with Crippen LogP contribution in [0.1, 0.15) is 42.5 Å². The van der Waals surface area contributed by atoms with E-state index in [1.54, 1.807) is 28.9 Å². The molecule has 1 aliphatic carbocycles. The van der Waals surface area contributed by atoms with Crippen LogP contribution in [0.15, 0.2) is 30.6 Å². The second-order valence-corrected chi connectivity index (χ2v) is 7.23. The normalized spacial score (nSPS) is 15.3. The summed E-state index contributed by atoms with van der Waals surface area (Å²) in [7, 11) is 0. The summed E-state index contributed by atoms with van der Waals surface area (Å²) >= 11 is 0. The van der Waals surface area contributed by atoms with Crippen LogP contribution in [0.2, 0.25) is 0 Å². The zero-order valence-electron chi connectivity index (χ0n) is 15.5. The van der Waals surface area contributed by atoms with E-state index in [0.29, 0.717) is 28.5 Å². The Morgan fingerprint density at radius 3 is 2.71 bits per heavy atom. The van der Waals surface area contributed by atoms with Crippen LogP contribution in [0.4, 0.5) is 19.0 Å². The second-order valence-electron chi connectivity index (χ2n) is 7.23. The molecule has 1 fully saturated rings. The van der Waals surface area contributed by atoms with E-state index in [-0.39, 0.29) is 11.4 Å². The maximum atomic E-state index is 13.2. The van der Waals surface area contributed by atoms with Gasteiger partial charge in [0.1, 0.15) is 5.69 Å². The first kappa shape index (κ1) is 18.4. The molecule has 144 valence electrons. The van der Waals surface area contributed by atoms with Crippen LogP contribution in [-0.4, -0.2) is 20.5 Å². The van der Waals surface area contributed by atoms with Crippen LogP contribution in [0.3, 0.4) is 0 Å². The number of imidazole rings is 1. The molecular weight excluding hydrogens is 365 g/mol. The fourth-order valence-corrected chi connectivity index (χ4v) is 3.05. The Kier molecular flexibility index (Phi) is 4.30. The van der Waals surface area contributed by atoms with Gasteiger partial charge in [0.2, 0.25) is 0 Å². The predicted octanol–water partition coefficient (Wildman–Crippen LogP) is 4.71. The van der Waals surface area contributed by atoms with Gasteiger partial charge in [-0.15, -0.1) is 0 Å². The molecule has 4 nitrogen and oxygen atoms in total. The molecule has 1 aliphatic rings. The number of fused-ring (bicyclic) bond motifs is 1. The quantitative estimate of drug-likeness (QED) is 0.651. The van der Waals surface area contributed by atoms with Crippen molar-refractivity contribution in [3.63, 3.8) is 0 Å². The molecule has 0 amide bonds. The van der Waals surface area contributed by atoms with E-state index in [1.165, 1.54) is 6.07 Å². The van der Waals surface area contributed by atoms with E-state index < -0.39 is 12.1 Å². The number of halogens is 3. The highest BCUT2D eigenvalue weighted by molar-refractivity contribution is 5.72. The van der Waals surface area contributed by atoms with Crippen LogP contribution in [0, 0.1) is 24.7 Å². The molecule has 7 heteroatoms. The summed E-state index contributed by atoms with van der Waals surface area (Å²) in [6.07, 6.45) is 1.25. The van der Waals surface area contributed by atoms with Crippen molar-refractivity contribution in [2.24, 2.45) is 5.92 Å². The van der Waals surface area contributed by atoms with Crippen molar-refractivity contribution < 1.29 is 13.2 Å². The van der Waals surface area contributed by atoms with Crippen LogP contribution in [0.5, 0.6) is 0 Å². The van der Waals surface area contributed by atoms with Crippen molar-refractivity contribution in [1.29, 1.82) is 0 Å². The molecule has 0 saturated heterocycles. The van der Waals surface area contributed by atoms with Crippen molar-refractivity contribution in [3.05, 3.63) is 47.4 Å². The predicted molar refractivity (Wildman–Crippen MR) is 102 cm³/mol. The highest BCUT2D eigenvalue weighted by Gasteiger charge is 2.37. The van der Waals surface area contributed by atoms with E-state index >= 15 is 0 Å². The molecule has 4 rings (SSSR count). The molecule has 0 spiro atoms. The monoisotopic (exact) mass is 384 g/mol. The summed E-state index contributed by atoms with van der Waals surface area (Å²) in [6.45, 7) is 3.02. The van der Waals surface area contributed by atoms with Gasteiger partial charge in [0.25, 0.3) is 0 Å². The molecule has 0 aliphatic heterocycles. The smallest absolute Gasteiger partial charge is 0.381 e. The van der Waals surface area contributed by atoms with Gasteiger partial charge < -0.3 is 5.73 Å². The number of rotatable bonds is 2. The van der Waals surface area contributed by atoms with Crippen molar-refractivity contribution in [3.8, 4) is 23.1 Å². The Labute approximate surface area is 160 Å². The molecule has 3 aromatic rings. The first-order valence-corrected chi connectivity index (χ1v) is 9.07. The minimum Gasteiger partial charge on any atom is -0.381 e. The molecule has 0 radical (unpaired) electrons. The van der Waals surface area contributed by atoms with Crippen LogP contribution in [0.25, 0.3) is 16.9 Å². The van der Waals surface area contributed by atoms with E-state index in [4.69, 9.17) is 5.73 Å². The molecule has 28 heavy (non-hydrogen) atoms. The maximum Gasteiger partial charge on any atom is 0.395 e. The largest absolute Gasteiger partial charge is 0.395 e. The number of alkyl halides is 3. The lowest BCUT2D eigenvalue weighted by atomic mass is 9.95. The van der Waals surface area contributed by atoms with Gasteiger partial charge in [0.15, 0.2) is 11.5 Å². The molecule has 1 atom stereocenters. The van der Waals surface area contributed by atoms with Gasteiger partial charge in [-0.1, -0.05) is 18.1 Å². The summed E-state index contributed by atoms with van der Waals surface area (Å²) in [6, 6.07) is 4.79. The lowest BCUT2D eigenvalue weighted by Gasteiger charge is -2.17. The summed E-state index contributed by atoms with van der Waals surface area (Å²) in [5, 5.41) is 0. The molecular formula is C21H19F3N4. The Morgan fingerprint density at radius 1 is 1.29 bits per heavy atom.